The van der Waals surface area contributed by atoms with E-state index in [1.165, 1.54) is 0 Å². The van der Waals surface area contributed by atoms with E-state index in [2.05, 4.69) is 4.98 Å². The summed E-state index contributed by atoms with van der Waals surface area (Å²) in [5, 5.41) is 11.1. The summed E-state index contributed by atoms with van der Waals surface area (Å²) in [6.45, 7) is 0.386. The van der Waals surface area contributed by atoms with Crippen molar-refractivity contribution in [1.29, 1.82) is 0 Å². The lowest BCUT2D eigenvalue weighted by Crippen LogP contribution is -2.09. The first-order chi connectivity index (χ1) is 10.2. The standard InChI is InChI=1S/C16H15ClN2O2/c1-21-16-7-6-11(17)8-12(16)15(20)9-19-10-18-13-4-2-3-5-14(13)19/h2-8,10,15,20H,9H2,1H3. The maximum atomic E-state index is 10.5. The topological polar surface area (TPSA) is 47.3 Å². The molecule has 0 spiro atoms. The predicted molar refractivity (Wildman–Crippen MR) is 82.7 cm³/mol. The molecule has 4 nitrogen and oxygen atoms in total. The van der Waals surface area contributed by atoms with Crippen LogP contribution in [0.15, 0.2) is 48.8 Å². The number of imidazole rings is 1. The first-order valence-corrected chi connectivity index (χ1v) is 6.98. The SMILES string of the molecule is COc1ccc(Cl)cc1C(O)Cn1cnc2ccccc21. The Morgan fingerprint density at radius 2 is 2.10 bits per heavy atom. The van der Waals surface area contributed by atoms with Crippen LogP contribution in [0.4, 0.5) is 0 Å². The molecule has 0 amide bonds. The lowest BCUT2D eigenvalue weighted by molar-refractivity contribution is 0.154. The highest BCUT2D eigenvalue weighted by atomic mass is 35.5. The highest BCUT2D eigenvalue weighted by molar-refractivity contribution is 6.30. The molecular formula is C16H15ClN2O2. The number of nitrogens with zero attached hydrogens (tertiary/aromatic N) is 2. The molecule has 2 aromatic carbocycles. The van der Waals surface area contributed by atoms with Crippen molar-refractivity contribution in [1.82, 2.24) is 9.55 Å². The van der Waals surface area contributed by atoms with Crippen LogP contribution in [0.5, 0.6) is 5.75 Å². The molecule has 0 aliphatic carbocycles. The molecule has 1 atom stereocenters. The van der Waals surface area contributed by atoms with Crippen LogP contribution in [0.25, 0.3) is 11.0 Å². The van der Waals surface area contributed by atoms with Crippen LogP contribution in [-0.4, -0.2) is 21.8 Å². The molecule has 1 unspecified atom stereocenters. The molecule has 0 aliphatic rings. The van der Waals surface area contributed by atoms with Crippen molar-refractivity contribution in [2.75, 3.05) is 7.11 Å². The number of rotatable bonds is 4. The maximum absolute atomic E-state index is 10.5. The summed E-state index contributed by atoms with van der Waals surface area (Å²) >= 11 is 6.01. The van der Waals surface area contributed by atoms with Crippen LogP contribution in [-0.2, 0) is 6.54 Å². The number of methoxy groups -OCH3 is 1. The predicted octanol–water partition coefficient (Wildman–Crippen LogP) is 3.43. The molecule has 5 heteroatoms. The zero-order valence-corrected chi connectivity index (χ0v) is 12.3. The number of aliphatic hydroxyl groups excluding tert-OH is 1. The fourth-order valence-electron chi connectivity index (χ4n) is 2.41. The Hall–Kier alpha value is -2.04. The van der Waals surface area contributed by atoms with Gasteiger partial charge in [-0.3, -0.25) is 0 Å². The Morgan fingerprint density at radius 1 is 1.29 bits per heavy atom. The van der Waals surface area contributed by atoms with E-state index >= 15 is 0 Å². The van der Waals surface area contributed by atoms with Crippen LogP contribution in [0.3, 0.4) is 0 Å². The van der Waals surface area contributed by atoms with Crippen LogP contribution in [0, 0.1) is 0 Å². The van der Waals surface area contributed by atoms with Gasteiger partial charge in [0.05, 0.1) is 31.0 Å². The second-order valence-electron chi connectivity index (χ2n) is 4.79. The summed E-state index contributed by atoms with van der Waals surface area (Å²) in [6.07, 6.45) is 1.00. The lowest BCUT2D eigenvalue weighted by atomic mass is 10.1. The molecule has 0 bridgehead atoms. The summed E-state index contributed by atoms with van der Waals surface area (Å²) in [7, 11) is 1.58. The average Bonchev–Trinajstić information content (AvgIpc) is 2.90. The van der Waals surface area contributed by atoms with E-state index in [0.717, 1.165) is 11.0 Å². The number of hydrogen-bond acceptors (Lipinski definition) is 3. The van der Waals surface area contributed by atoms with Gasteiger partial charge in [-0.05, 0) is 30.3 Å². The molecule has 1 heterocycles. The number of para-hydroxylation sites is 2. The van der Waals surface area contributed by atoms with Crippen molar-refractivity contribution in [3.8, 4) is 5.75 Å². The third kappa shape index (κ3) is 2.73. The Labute approximate surface area is 127 Å². The van der Waals surface area contributed by atoms with E-state index in [0.29, 0.717) is 22.9 Å². The molecule has 1 N–H and O–H groups in total. The first kappa shape index (κ1) is 13.9. The molecule has 108 valence electrons. The van der Waals surface area contributed by atoms with E-state index in [1.807, 2.05) is 28.8 Å². The van der Waals surface area contributed by atoms with Crippen molar-refractivity contribution >= 4 is 22.6 Å². The zero-order valence-electron chi connectivity index (χ0n) is 11.5. The van der Waals surface area contributed by atoms with Gasteiger partial charge in [-0.1, -0.05) is 23.7 Å². The second kappa shape index (κ2) is 5.76. The second-order valence-corrected chi connectivity index (χ2v) is 5.22. The normalized spacial score (nSPS) is 12.5. The van der Waals surface area contributed by atoms with Gasteiger partial charge in [-0.2, -0.15) is 0 Å². The van der Waals surface area contributed by atoms with Crippen LogP contribution in [0.2, 0.25) is 5.02 Å². The highest BCUT2D eigenvalue weighted by Crippen LogP contribution is 2.29. The van der Waals surface area contributed by atoms with Gasteiger partial charge in [0.1, 0.15) is 11.9 Å². The van der Waals surface area contributed by atoms with Crippen LogP contribution >= 0.6 is 11.6 Å². The Kier molecular flexibility index (Phi) is 3.82. The van der Waals surface area contributed by atoms with E-state index in [-0.39, 0.29) is 0 Å². The van der Waals surface area contributed by atoms with Gasteiger partial charge >= 0.3 is 0 Å². The van der Waals surface area contributed by atoms with Gasteiger partial charge in [0.15, 0.2) is 0 Å². The molecule has 21 heavy (non-hydrogen) atoms. The number of fused-ring (bicyclic) bond motifs is 1. The van der Waals surface area contributed by atoms with Crippen molar-refractivity contribution in [3.63, 3.8) is 0 Å². The Morgan fingerprint density at radius 3 is 2.90 bits per heavy atom. The number of halogens is 1. The molecule has 0 saturated carbocycles. The largest absolute Gasteiger partial charge is 0.496 e. The lowest BCUT2D eigenvalue weighted by Gasteiger charge is -2.16. The van der Waals surface area contributed by atoms with E-state index in [9.17, 15) is 5.11 Å². The van der Waals surface area contributed by atoms with E-state index in [4.69, 9.17) is 16.3 Å². The van der Waals surface area contributed by atoms with Gasteiger partial charge < -0.3 is 14.4 Å². The van der Waals surface area contributed by atoms with Gasteiger partial charge in [0.25, 0.3) is 0 Å². The zero-order chi connectivity index (χ0) is 14.8. The summed E-state index contributed by atoms with van der Waals surface area (Å²) in [6, 6.07) is 13.0. The van der Waals surface area contributed by atoms with Crippen molar-refractivity contribution in [2.45, 2.75) is 12.6 Å². The molecular weight excluding hydrogens is 288 g/mol. The summed E-state index contributed by atoms with van der Waals surface area (Å²) in [5.74, 6) is 0.622. The van der Waals surface area contributed by atoms with Crippen LogP contribution in [0.1, 0.15) is 11.7 Å². The third-order valence-electron chi connectivity index (χ3n) is 3.45. The van der Waals surface area contributed by atoms with E-state index < -0.39 is 6.10 Å². The highest BCUT2D eigenvalue weighted by Gasteiger charge is 2.15. The molecule has 0 saturated heterocycles. The number of aromatic nitrogens is 2. The van der Waals surface area contributed by atoms with Crippen molar-refractivity contribution in [2.24, 2.45) is 0 Å². The number of aliphatic hydroxyl groups is 1. The fraction of sp³-hybridized carbons (Fsp3) is 0.188. The molecule has 1 aromatic heterocycles. The van der Waals surface area contributed by atoms with Gasteiger partial charge in [-0.15, -0.1) is 0 Å². The fourth-order valence-corrected chi connectivity index (χ4v) is 2.59. The summed E-state index contributed by atoms with van der Waals surface area (Å²) < 4.78 is 7.20. The number of ether oxygens (including phenoxy) is 1. The average molecular weight is 303 g/mol. The molecule has 3 aromatic rings. The summed E-state index contributed by atoms with van der Waals surface area (Å²) in [4.78, 5) is 4.32. The molecule has 0 aliphatic heterocycles. The third-order valence-corrected chi connectivity index (χ3v) is 3.68. The van der Waals surface area contributed by atoms with Gasteiger partial charge in [0, 0.05) is 10.6 Å². The summed E-state index contributed by atoms with van der Waals surface area (Å²) in [5.41, 5.74) is 2.56. The molecule has 3 rings (SSSR count). The van der Waals surface area contributed by atoms with Gasteiger partial charge in [-0.25, -0.2) is 4.98 Å². The van der Waals surface area contributed by atoms with Crippen molar-refractivity contribution < 1.29 is 9.84 Å². The quantitative estimate of drug-likeness (QED) is 0.803. The van der Waals surface area contributed by atoms with Gasteiger partial charge in [0.2, 0.25) is 0 Å². The van der Waals surface area contributed by atoms with Crippen molar-refractivity contribution in [3.05, 3.63) is 59.4 Å². The monoisotopic (exact) mass is 302 g/mol. The minimum absolute atomic E-state index is 0.386. The maximum Gasteiger partial charge on any atom is 0.124 e. The number of hydrogen-bond donors (Lipinski definition) is 1. The van der Waals surface area contributed by atoms with E-state index in [1.54, 1.807) is 31.6 Å². The number of benzene rings is 2. The minimum atomic E-state index is -0.726. The molecule has 0 fully saturated rings. The minimum Gasteiger partial charge on any atom is -0.496 e. The van der Waals surface area contributed by atoms with Crippen LogP contribution < -0.4 is 4.74 Å². The Bertz CT molecular complexity index is 770. The first-order valence-electron chi connectivity index (χ1n) is 6.60. The molecule has 0 radical (unpaired) electrons. The smallest absolute Gasteiger partial charge is 0.124 e. The Balaban J connectivity index is 1.93.